The van der Waals surface area contributed by atoms with Crippen LogP contribution in [0.2, 0.25) is 0 Å². The van der Waals surface area contributed by atoms with Crippen molar-refractivity contribution in [3.8, 4) is 17.1 Å². The van der Waals surface area contributed by atoms with E-state index in [4.69, 9.17) is 9.26 Å². The molecule has 1 heterocycles. The molecule has 0 saturated carbocycles. The zero-order chi connectivity index (χ0) is 18.1. The highest BCUT2D eigenvalue weighted by atomic mass is 16.5. The zero-order valence-electron chi connectivity index (χ0n) is 15.0. The topological polar surface area (TPSA) is 68.4 Å². The molecule has 1 aliphatic carbocycles. The van der Waals surface area contributed by atoms with Crippen LogP contribution < -0.4 is 4.74 Å². The molecule has 0 bridgehead atoms. The van der Waals surface area contributed by atoms with E-state index in [-0.39, 0.29) is 6.10 Å². The number of hydrogen-bond acceptors (Lipinski definition) is 5. The molecule has 0 amide bonds. The summed E-state index contributed by atoms with van der Waals surface area (Å²) in [5, 5.41) is 14.2. The lowest BCUT2D eigenvalue weighted by Crippen LogP contribution is -1.96. The predicted molar refractivity (Wildman–Crippen MR) is 98.2 cm³/mol. The van der Waals surface area contributed by atoms with Crippen molar-refractivity contribution in [1.82, 2.24) is 10.1 Å². The minimum absolute atomic E-state index is 0.388. The zero-order valence-corrected chi connectivity index (χ0v) is 15.0. The molecule has 1 N–H and O–H groups in total. The predicted octanol–water partition coefficient (Wildman–Crippen LogP) is 4.01. The van der Waals surface area contributed by atoms with E-state index in [1.807, 2.05) is 44.2 Å². The number of aliphatic hydroxyl groups is 1. The van der Waals surface area contributed by atoms with Crippen LogP contribution in [0.5, 0.6) is 5.75 Å². The monoisotopic (exact) mass is 350 g/mol. The Balaban J connectivity index is 1.59. The molecule has 0 fully saturated rings. The maximum Gasteiger partial charge on any atom is 0.231 e. The van der Waals surface area contributed by atoms with Crippen LogP contribution in [0.1, 0.15) is 47.6 Å². The van der Waals surface area contributed by atoms with E-state index in [2.05, 4.69) is 16.2 Å². The van der Waals surface area contributed by atoms with E-state index in [1.165, 1.54) is 0 Å². The second kappa shape index (κ2) is 6.92. The molecule has 1 aliphatic rings. The quantitative estimate of drug-likeness (QED) is 0.753. The largest absolute Gasteiger partial charge is 0.494 e. The van der Waals surface area contributed by atoms with E-state index in [1.54, 1.807) is 0 Å². The number of hydrogen-bond donors (Lipinski definition) is 1. The van der Waals surface area contributed by atoms with Gasteiger partial charge in [-0.15, -0.1) is 0 Å². The molecule has 134 valence electrons. The molecule has 5 nitrogen and oxygen atoms in total. The lowest BCUT2D eigenvalue weighted by molar-refractivity contribution is 0.180. The summed E-state index contributed by atoms with van der Waals surface area (Å²) in [6.45, 7) is 4.65. The number of rotatable bonds is 5. The van der Waals surface area contributed by atoms with Crippen molar-refractivity contribution in [1.29, 1.82) is 0 Å². The number of aryl methyl sites for hydroxylation is 1. The second-order valence-corrected chi connectivity index (χ2v) is 6.65. The van der Waals surface area contributed by atoms with Crippen LogP contribution in [0.4, 0.5) is 0 Å². The average molecular weight is 350 g/mol. The minimum atomic E-state index is -0.388. The Hall–Kier alpha value is -2.66. The van der Waals surface area contributed by atoms with Gasteiger partial charge in [0.25, 0.3) is 0 Å². The number of benzene rings is 2. The fourth-order valence-electron chi connectivity index (χ4n) is 3.52. The van der Waals surface area contributed by atoms with Crippen LogP contribution in [0, 0.1) is 6.92 Å². The molecule has 0 aliphatic heterocycles. The first-order valence-corrected chi connectivity index (χ1v) is 9.01. The van der Waals surface area contributed by atoms with Crippen molar-refractivity contribution in [3.63, 3.8) is 0 Å². The summed E-state index contributed by atoms with van der Waals surface area (Å²) >= 11 is 0. The highest BCUT2D eigenvalue weighted by molar-refractivity contribution is 5.63. The van der Waals surface area contributed by atoms with Crippen molar-refractivity contribution in [2.75, 3.05) is 6.61 Å². The summed E-state index contributed by atoms with van der Waals surface area (Å²) < 4.78 is 11.1. The first-order chi connectivity index (χ1) is 12.7. The highest BCUT2D eigenvalue weighted by Gasteiger charge is 2.24. The van der Waals surface area contributed by atoms with Gasteiger partial charge in [-0.2, -0.15) is 4.98 Å². The van der Waals surface area contributed by atoms with Gasteiger partial charge < -0.3 is 14.4 Å². The second-order valence-electron chi connectivity index (χ2n) is 6.65. The summed E-state index contributed by atoms with van der Waals surface area (Å²) in [4.78, 5) is 4.58. The molecule has 2 aromatic carbocycles. The van der Waals surface area contributed by atoms with Crippen molar-refractivity contribution >= 4 is 0 Å². The van der Waals surface area contributed by atoms with E-state index >= 15 is 0 Å². The maximum atomic E-state index is 10.1. The lowest BCUT2D eigenvalue weighted by atomic mass is 10.0. The Morgan fingerprint density at radius 3 is 3.00 bits per heavy atom. The third kappa shape index (κ3) is 3.10. The van der Waals surface area contributed by atoms with Gasteiger partial charge in [0.2, 0.25) is 11.7 Å². The molecule has 3 aromatic rings. The number of aromatic nitrogens is 2. The molecule has 0 saturated heterocycles. The maximum absolute atomic E-state index is 10.1. The molecule has 26 heavy (non-hydrogen) atoms. The van der Waals surface area contributed by atoms with Crippen molar-refractivity contribution < 1.29 is 14.4 Å². The third-order valence-corrected chi connectivity index (χ3v) is 4.86. The first-order valence-electron chi connectivity index (χ1n) is 9.01. The Labute approximate surface area is 152 Å². The van der Waals surface area contributed by atoms with Gasteiger partial charge in [-0.05, 0) is 55.0 Å². The van der Waals surface area contributed by atoms with Gasteiger partial charge in [0.05, 0.1) is 19.1 Å². The smallest absolute Gasteiger partial charge is 0.231 e. The number of fused-ring (bicyclic) bond motifs is 1. The van der Waals surface area contributed by atoms with Crippen LogP contribution in [0.3, 0.4) is 0 Å². The van der Waals surface area contributed by atoms with Crippen LogP contribution in [0.25, 0.3) is 11.4 Å². The molecule has 1 unspecified atom stereocenters. The Kier molecular flexibility index (Phi) is 4.47. The Morgan fingerprint density at radius 2 is 2.15 bits per heavy atom. The van der Waals surface area contributed by atoms with Crippen LogP contribution in [-0.2, 0) is 12.8 Å². The van der Waals surface area contributed by atoms with Gasteiger partial charge in [0.1, 0.15) is 5.75 Å². The van der Waals surface area contributed by atoms with E-state index in [0.29, 0.717) is 24.7 Å². The fraction of sp³-hybridized carbons (Fsp3) is 0.333. The lowest BCUT2D eigenvalue weighted by Gasteiger charge is -2.08. The Bertz CT molecular complexity index is 933. The fourth-order valence-corrected chi connectivity index (χ4v) is 3.52. The van der Waals surface area contributed by atoms with Gasteiger partial charge in [-0.3, -0.25) is 0 Å². The van der Waals surface area contributed by atoms with E-state index in [0.717, 1.165) is 46.4 Å². The molecular weight excluding hydrogens is 328 g/mol. The van der Waals surface area contributed by atoms with Gasteiger partial charge in [-0.1, -0.05) is 35.5 Å². The third-order valence-electron chi connectivity index (χ3n) is 4.86. The van der Waals surface area contributed by atoms with Crippen LogP contribution >= 0.6 is 0 Å². The normalized spacial score (nSPS) is 15.9. The molecule has 1 atom stereocenters. The van der Waals surface area contributed by atoms with Crippen molar-refractivity contribution in [2.45, 2.75) is 39.2 Å². The molecule has 1 aromatic heterocycles. The van der Waals surface area contributed by atoms with Gasteiger partial charge in [0, 0.05) is 5.56 Å². The summed E-state index contributed by atoms with van der Waals surface area (Å²) in [5.74, 6) is 2.05. The molecular formula is C21H22N2O3. The summed E-state index contributed by atoms with van der Waals surface area (Å²) in [6, 6.07) is 12.0. The minimum Gasteiger partial charge on any atom is -0.494 e. The average Bonchev–Trinajstić information content (AvgIpc) is 3.25. The standard InChI is InChI=1S/C21H22N2O3/c1-3-25-19-11-14(8-7-13(19)2)12-20-22-21(23-26-20)17-6-4-5-16-15(17)9-10-18(16)24/h4-8,11,18,24H,3,9-10,12H2,1-2H3. The van der Waals surface area contributed by atoms with Gasteiger partial charge >= 0.3 is 0 Å². The summed E-state index contributed by atoms with van der Waals surface area (Å²) in [5.41, 5.74) is 5.24. The first kappa shape index (κ1) is 16.8. The number of aliphatic hydroxyl groups excluding tert-OH is 1. The Morgan fingerprint density at radius 1 is 1.27 bits per heavy atom. The molecule has 5 heteroatoms. The van der Waals surface area contributed by atoms with E-state index in [9.17, 15) is 5.11 Å². The summed E-state index contributed by atoms with van der Waals surface area (Å²) in [6.07, 6.45) is 1.76. The molecule has 4 rings (SSSR count). The van der Waals surface area contributed by atoms with E-state index < -0.39 is 0 Å². The highest BCUT2D eigenvalue weighted by Crippen LogP contribution is 2.36. The van der Waals surface area contributed by atoms with Crippen molar-refractivity contribution in [2.24, 2.45) is 0 Å². The summed E-state index contributed by atoms with van der Waals surface area (Å²) in [7, 11) is 0. The molecule has 0 radical (unpaired) electrons. The van der Waals surface area contributed by atoms with Gasteiger partial charge in [-0.25, -0.2) is 0 Å². The number of nitrogens with zero attached hydrogens (tertiary/aromatic N) is 2. The van der Waals surface area contributed by atoms with Crippen LogP contribution in [-0.4, -0.2) is 21.9 Å². The van der Waals surface area contributed by atoms with Crippen LogP contribution in [0.15, 0.2) is 40.9 Å². The van der Waals surface area contributed by atoms with Gasteiger partial charge in [0.15, 0.2) is 0 Å². The SMILES string of the molecule is CCOc1cc(Cc2nc(-c3cccc4c3CCC4O)no2)ccc1C. The molecule has 0 spiro atoms. The number of ether oxygens (including phenoxy) is 1. The van der Waals surface area contributed by atoms with Crippen molar-refractivity contribution in [3.05, 3.63) is 64.5 Å².